The number of nitrogen functional groups attached to an aromatic ring is 1. The summed E-state index contributed by atoms with van der Waals surface area (Å²) in [5.41, 5.74) is 9.42. The van der Waals surface area contributed by atoms with Crippen molar-refractivity contribution in [1.82, 2.24) is 9.88 Å². The van der Waals surface area contributed by atoms with Gasteiger partial charge in [0.15, 0.2) is 6.10 Å². The minimum Gasteiger partial charge on any atom is -0.478 e. The van der Waals surface area contributed by atoms with Gasteiger partial charge in [0.25, 0.3) is 5.91 Å². The van der Waals surface area contributed by atoms with Crippen molar-refractivity contribution in [2.45, 2.75) is 26.5 Å². The Kier molecular flexibility index (Phi) is 4.61. The van der Waals surface area contributed by atoms with Crippen molar-refractivity contribution >= 4 is 23.1 Å². The van der Waals surface area contributed by atoms with Crippen LogP contribution in [0.1, 0.15) is 18.1 Å². The third-order valence-corrected chi connectivity index (χ3v) is 5.13. The second-order valence-electron chi connectivity index (χ2n) is 7.25. The number of nitrogens with zero attached hydrogens (tertiary/aromatic N) is 3. The average molecular weight is 367 g/mol. The summed E-state index contributed by atoms with van der Waals surface area (Å²) >= 11 is 0. The number of carbonyl (C=O) groups excluding carboxylic acids is 1. The minimum atomic E-state index is -0.447. The van der Waals surface area contributed by atoms with Crippen molar-refractivity contribution in [2.75, 3.05) is 42.1 Å². The first kappa shape index (κ1) is 17.6. The summed E-state index contributed by atoms with van der Waals surface area (Å²) in [5.74, 6) is 1.66. The molecule has 142 valence electrons. The Labute approximate surface area is 159 Å². The van der Waals surface area contributed by atoms with Gasteiger partial charge in [-0.15, -0.1) is 0 Å². The molecule has 2 aliphatic rings. The van der Waals surface area contributed by atoms with Crippen LogP contribution in [0.5, 0.6) is 5.75 Å². The third-order valence-electron chi connectivity index (χ3n) is 5.13. The Balaban J connectivity index is 1.41. The van der Waals surface area contributed by atoms with Crippen LogP contribution in [0, 0.1) is 6.92 Å². The molecule has 0 bridgehead atoms. The average Bonchev–Trinajstić information content (AvgIpc) is 2.65. The van der Waals surface area contributed by atoms with Gasteiger partial charge in [0.05, 0.1) is 17.6 Å². The topological polar surface area (TPSA) is 83.7 Å². The zero-order valence-corrected chi connectivity index (χ0v) is 15.7. The lowest BCUT2D eigenvalue weighted by molar-refractivity contribution is -0.122. The number of aryl methyl sites for hydroxylation is 1. The lowest BCUT2D eigenvalue weighted by Crippen LogP contribution is -2.46. The van der Waals surface area contributed by atoms with Gasteiger partial charge in [-0.3, -0.25) is 9.69 Å². The molecule has 3 heterocycles. The SMILES string of the molecule is Cc1cc(CN2CCN(c3ccc(N)cn3)CC2)cc2c1O[C@@H](C)C(=O)N2. The molecule has 4 rings (SSSR count). The summed E-state index contributed by atoms with van der Waals surface area (Å²) in [7, 11) is 0. The van der Waals surface area contributed by atoms with Gasteiger partial charge in [0.2, 0.25) is 0 Å². The van der Waals surface area contributed by atoms with Crippen molar-refractivity contribution in [3.63, 3.8) is 0 Å². The fourth-order valence-corrected chi connectivity index (χ4v) is 3.63. The number of nitrogens with one attached hydrogen (secondary N) is 1. The fraction of sp³-hybridized carbons (Fsp3) is 0.400. The molecule has 1 saturated heterocycles. The molecule has 2 aliphatic heterocycles. The van der Waals surface area contributed by atoms with Crippen LogP contribution in [0.2, 0.25) is 0 Å². The number of benzene rings is 1. The summed E-state index contributed by atoms with van der Waals surface area (Å²) in [5, 5.41) is 2.95. The van der Waals surface area contributed by atoms with Crippen LogP contribution in [-0.2, 0) is 11.3 Å². The highest BCUT2D eigenvalue weighted by atomic mass is 16.5. The van der Waals surface area contributed by atoms with Gasteiger partial charge < -0.3 is 20.7 Å². The molecule has 1 fully saturated rings. The number of hydrogen-bond acceptors (Lipinski definition) is 6. The van der Waals surface area contributed by atoms with E-state index < -0.39 is 6.10 Å². The number of hydrogen-bond donors (Lipinski definition) is 2. The van der Waals surface area contributed by atoms with Gasteiger partial charge in [-0.2, -0.15) is 0 Å². The molecule has 7 heteroatoms. The Morgan fingerprint density at radius 1 is 1.26 bits per heavy atom. The highest BCUT2D eigenvalue weighted by molar-refractivity contribution is 5.97. The van der Waals surface area contributed by atoms with Crippen molar-refractivity contribution in [3.8, 4) is 5.75 Å². The van der Waals surface area contributed by atoms with Crippen LogP contribution in [0.15, 0.2) is 30.5 Å². The largest absolute Gasteiger partial charge is 0.478 e. The van der Waals surface area contributed by atoms with E-state index in [0.29, 0.717) is 5.69 Å². The molecule has 3 N–H and O–H groups in total. The molecule has 0 unspecified atom stereocenters. The molecule has 0 radical (unpaired) electrons. The van der Waals surface area contributed by atoms with Crippen LogP contribution in [0.4, 0.5) is 17.2 Å². The van der Waals surface area contributed by atoms with Gasteiger partial charge in [-0.05, 0) is 43.2 Å². The van der Waals surface area contributed by atoms with Crippen molar-refractivity contribution < 1.29 is 9.53 Å². The minimum absolute atomic E-state index is 0.0938. The maximum absolute atomic E-state index is 11.9. The Bertz CT molecular complexity index is 844. The zero-order chi connectivity index (χ0) is 19.0. The number of rotatable bonds is 3. The lowest BCUT2D eigenvalue weighted by Gasteiger charge is -2.35. The van der Waals surface area contributed by atoms with Gasteiger partial charge in [-0.25, -0.2) is 4.98 Å². The summed E-state index contributed by atoms with van der Waals surface area (Å²) in [6.07, 6.45) is 1.26. The van der Waals surface area contributed by atoms with E-state index in [4.69, 9.17) is 10.5 Å². The maximum Gasteiger partial charge on any atom is 0.265 e. The van der Waals surface area contributed by atoms with Gasteiger partial charge in [-0.1, -0.05) is 6.07 Å². The van der Waals surface area contributed by atoms with Gasteiger partial charge >= 0.3 is 0 Å². The Hall–Kier alpha value is -2.80. The zero-order valence-electron chi connectivity index (χ0n) is 15.7. The normalized spacial score (nSPS) is 20.0. The monoisotopic (exact) mass is 367 g/mol. The molecule has 0 aliphatic carbocycles. The molecule has 27 heavy (non-hydrogen) atoms. The fourth-order valence-electron chi connectivity index (χ4n) is 3.63. The van der Waals surface area contributed by atoms with E-state index in [1.165, 1.54) is 5.56 Å². The predicted octanol–water partition coefficient (Wildman–Crippen LogP) is 2.01. The van der Waals surface area contributed by atoms with E-state index in [-0.39, 0.29) is 5.91 Å². The number of ether oxygens (including phenoxy) is 1. The number of aromatic nitrogens is 1. The molecule has 1 amide bonds. The first-order chi connectivity index (χ1) is 13.0. The molecule has 0 spiro atoms. The number of carbonyl (C=O) groups is 1. The van der Waals surface area contributed by atoms with Crippen molar-refractivity contribution in [1.29, 1.82) is 0 Å². The van der Waals surface area contributed by atoms with E-state index in [2.05, 4.69) is 26.2 Å². The predicted molar refractivity (Wildman–Crippen MR) is 106 cm³/mol. The van der Waals surface area contributed by atoms with E-state index in [0.717, 1.165) is 55.5 Å². The molecule has 7 nitrogen and oxygen atoms in total. The van der Waals surface area contributed by atoms with Crippen molar-refractivity contribution in [3.05, 3.63) is 41.6 Å². The maximum atomic E-state index is 11.9. The van der Waals surface area contributed by atoms with Gasteiger partial charge in [0, 0.05) is 32.7 Å². The second-order valence-corrected chi connectivity index (χ2v) is 7.25. The first-order valence-electron chi connectivity index (χ1n) is 9.29. The number of fused-ring (bicyclic) bond motifs is 1. The van der Waals surface area contributed by atoms with E-state index in [1.54, 1.807) is 13.1 Å². The summed E-state index contributed by atoms with van der Waals surface area (Å²) < 4.78 is 5.74. The Morgan fingerprint density at radius 3 is 2.74 bits per heavy atom. The smallest absolute Gasteiger partial charge is 0.265 e. The van der Waals surface area contributed by atoms with E-state index >= 15 is 0 Å². The van der Waals surface area contributed by atoms with Crippen molar-refractivity contribution in [2.24, 2.45) is 0 Å². The highest BCUT2D eigenvalue weighted by Crippen LogP contribution is 2.34. The molecule has 1 aromatic heterocycles. The quantitative estimate of drug-likeness (QED) is 0.863. The van der Waals surface area contributed by atoms with Crippen LogP contribution in [-0.4, -0.2) is 48.1 Å². The van der Waals surface area contributed by atoms with E-state index in [1.807, 2.05) is 25.1 Å². The lowest BCUT2D eigenvalue weighted by atomic mass is 10.1. The standard InChI is InChI=1S/C20H25N5O2/c1-13-9-15(10-17-19(13)27-14(2)20(26)23-17)12-24-5-7-25(8-6-24)18-4-3-16(21)11-22-18/h3-4,9-11,14H,5-8,12,21H2,1-2H3,(H,23,26)/t14-/m0/s1. The second kappa shape index (κ2) is 7.08. The number of anilines is 3. The van der Waals surface area contributed by atoms with Crippen LogP contribution in [0.3, 0.4) is 0 Å². The van der Waals surface area contributed by atoms with Crippen LogP contribution < -0.4 is 20.7 Å². The summed E-state index contributed by atoms with van der Waals surface area (Å²) in [4.78, 5) is 21.0. The molecule has 1 atom stereocenters. The van der Waals surface area contributed by atoms with Gasteiger partial charge in [0.1, 0.15) is 11.6 Å². The molecule has 1 aromatic carbocycles. The molecular formula is C20H25N5O2. The number of pyridine rings is 1. The molecular weight excluding hydrogens is 342 g/mol. The number of nitrogens with two attached hydrogens (primary N) is 1. The first-order valence-corrected chi connectivity index (χ1v) is 9.29. The van der Waals surface area contributed by atoms with Crippen LogP contribution >= 0.6 is 0 Å². The number of piperazine rings is 1. The summed E-state index contributed by atoms with van der Waals surface area (Å²) in [6.45, 7) is 8.42. The Morgan fingerprint density at radius 2 is 2.04 bits per heavy atom. The third kappa shape index (κ3) is 3.68. The number of amides is 1. The highest BCUT2D eigenvalue weighted by Gasteiger charge is 2.26. The molecule has 2 aromatic rings. The summed E-state index contributed by atoms with van der Waals surface area (Å²) in [6, 6.07) is 8.04. The molecule has 0 saturated carbocycles. The van der Waals surface area contributed by atoms with Crippen LogP contribution in [0.25, 0.3) is 0 Å². The van der Waals surface area contributed by atoms with E-state index in [9.17, 15) is 4.79 Å².